The first-order valence-corrected chi connectivity index (χ1v) is 8.98. The smallest absolute Gasteiger partial charge is 0.0902 e. The zero-order valence-electron chi connectivity index (χ0n) is 14.0. The van der Waals surface area contributed by atoms with Crippen molar-refractivity contribution in [2.45, 2.75) is 90.1 Å². The highest BCUT2D eigenvalue weighted by molar-refractivity contribution is 5.39. The summed E-state index contributed by atoms with van der Waals surface area (Å²) in [7, 11) is 0. The van der Waals surface area contributed by atoms with Gasteiger partial charge in [0.25, 0.3) is 0 Å². The third kappa shape index (κ3) is 4.57. The average Bonchev–Trinajstić information content (AvgIpc) is 2.79. The molecule has 0 amide bonds. The first kappa shape index (κ1) is 16.5. The van der Waals surface area contributed by atoms with Crippen LogP contribution in [0.25, 0.3) is 0 Å². The first-order valence-electron chi connectivity index (χ1n) is 8.98. The quantitative estimate of drug-likeness (QED) is 0.581. The molecule has 0 fully saturated rings. The van der Waals surface area contributed by atoms with Gasteiger partial charge in [-0.05, 0) is 37.3 Å². The Bertz CT molecular complexity index is 437. The zero-order valence-corrected chi connectivity index (χ0v) is 14.0. The number of aliphatic hydroxyl groups is 1. The van der Waals surface area contributed by atoms with Crippen LogP contribution in [0.2, 0.25) is 0 Å². The van der Waals surface area contributed by atoms with Crippen molar-refractivity contribution in [1.82, 2.24) is 0 Å². The molecule has 0 spiro atoms. The van der Waals surface area contributed by atoms with Gasteiger partial charge >= 0.3 is 0 Å². The Kier molecular flexibility index (Phi) is 6.29. The molecule has 0 heterocycles. The fourth-order valence-electron chi connectivity index (χ4n) is 3.63. The van der Waals surface area contributed by atoms with Gasteiger partial charge in [0.05, 0.1) is 5.60 Å². The molecule has 1 aromatic rings. The van der Waals surface area contributed by atoms with Crippen molar-refractivity contribution in [3.05, 3.63) is 34.9 Å². The van der Waals surface area contributed by atoms with E-state index in [1.807, 2.05) is 0 Å². The Morgan fingerprint density at radius 3 is 2.38 bits per heavy atom. The highest BCUT2D eigenvalue weighted by Gasteiger charge is 2.35. The van der Waals surface area contributed by atoms with Crippen LogP contribution in [0.3, 0.4) is 0 Å². The van der Waals surface area contributed by atoms with Crippen LogP contribution in [0.4, 0.5) is 0 Å². The Morgan fingerprint density at radius 2 is 1.67 bits per heavy atom. The van der Waals surface area contributed by atoms with E-state index in [-0.39, 0.29) is 0 Å². The zero-order chi connectivity index (χ0) is 15.1. The summed E-state index contributed by atoms with van der Waals surface area (Å²) in [5.74, 6) is 0. The highest BCUT2D eigenvalue weighted by Crippen LogP contribution is 2.41. The SMILES string of the molecule is CCCCCCCCCCC1(O)CCc2ccc(C)cc21. The van der Waals surface area contributed by atoms with Crippen molar-refractivity contribution in [3.63, 3.8) is 0 Å². The maximum absolute atomic E-state index is 10.9. The van der Waals surface area contributed by atoms with Crippen LogP contribution in [-0.4, -0.2) is 5.11 Å². The van der Waals surface area contributed by atoms with E-state index in [9.17, 15) is 5.11 Å². The normalized spacial score (nSPS) is 20.7. The predicted molar refractivity (Wildman–Crippen MR) is 90.6 cm³/mol. The monoisotopic (exact) mass is 288 g/mol. The van der Waals surface area contributed by atoms with Gasteiger partial charge in [0, 0.05) is 0 Å². The van der Waals surface area contributed by atoms with E-state index in [0.29, 0.717) is 0 Å². The Hall–Kier alpha value is -0.820. The Balaban J connectivity index is 1.71. The molecule has 1 N–H and O–H groups in total. The van der Waals surface area contributed by atoms with Crippen LogP contribution in [0.5, 0.6) is 0 Å². The average molecular weight is 288 g/mol. The second-order valence-corrected chi connectivity index (χ2v) is 6.92. The molecule has 1 aliphatic rings. The summed E-state index contributed by atoms with van der Waals surface area (Å²) in [6.07, 6.45) is 13.5. The molecule has 0 bridgehead atoms. The molecule has 1 aromatic carbocycles. The predicted octanol–water partition coefficient (Wildman–Crippen LogP) is 5.66. The Labute approximate surface area is 130 Å². The van der Waals surface area contributed by atoms with E-state index in [1.165, 1.54) is 61.6 Å². The summed E-state index contributed by atoms with van der Waals surface area (Å²) in [6.45, 7) is 4.39. The van der Waals surface area contributed by atoms with E-state index in [4.69, 9.17) is 0 Å². The van der Waals surface area contributed by atoms with Crippen molar-refractivity contribution in [2.24, 2.45) is 0 Å². The molecule has 1 aliphatic carbocycles. The number of aryl methyl sites for hydroxylation is 2. The molecule has 0 radical (unpaired) electrons. The van der Waals surface area contributed by atoms with Crippen molar-refractivity contribution in [1.29, 1.82) is 0 Å². The van der Waals surface area contributed by atoms with E-state index >= 15 is 0 Å². The third-order valence-corrected chi connectivity index (χ3v) is 5.02. The third-order valence-electron chi connectivity index (χ3n) is 5.02. The van der Waals surface area contributed by atoms with E-state index in [0.717, 1.165) is 25.7 Å². The minimum Gasteiger partial charge on any atom is -0.385 e. The summed E-state index contributed by atoms with van der Waals surface area (Å²) >= 11 is 0. The largest absolute Gasteiger partial charge is 0.385 e. The summed E-state index contributed by atoms with van der Waals surface area (Å²) in [5, 5.41) is 10.9. The van der Waals surface area contributed by atoms with Gasteiger partial charge in [0.15, 0.2) is 0 Å². The molecule has 0 saturated heterocycles. The van der Waals surface area contributed by atoms with E-state index in [1.54, 1.807) is 0 Å². The van der Waals surface area contributed by atoms with Gasteiger partial charge in [-0.1, -0.05) is 82.1 Å². The summed E-state index contributed by atoms with van der Waals surface area (Å²) in [5.41, 5.74) is 3.31. The van der Waals surface area contributed by atoms with Crippen LogP contribution in [0.1, 0.15) is 87.8 Å². The van der Waals surface area contributed by atoms with Crippen molar-refractivity contribution < 1.29 is 5.11 Å². The lowest BCUT2D eigenvalue weighted by atomic mass is 9.89. The van der Waals surface area contributed by atoms with Crippen LogP contribution < -0.4 is 0 Å². The fourth-order valence-corrected chi connectivity index (χ4v) is 3.63. The molecule has 1 atom stereocenters. The molecule has 21 heavy (non-hydrogen) atoms. The number of rotatable bonds is 9. The molecule has 0 aliphatic heterocycles. The van der Waals surface area contributed by atoms with Crippen LogP contribution >= 0.6 is 0 Å². The number of benzene rings is 1. The lowest BCUT2D eigenvalue weighted by Crippen LogP contribution is -2.22. The number of hydrogen-bond acceptors (Lipinski definition) is 1. The summed E-state index contributed by atoms with van der Waals surface area (Å²) in [4.78, 5) is 0. The minimum atomic E-state index is -0.538. The fraction of sp³-hybridized carbons (Fsp3) is 0.700. The van der Waals surface area contributed by atoms with E-state index in [2.05, 4.69) is 32.0 Å². The van der Waals surface area contributed by atoms with Crippen molar-refractivity contribution >= 4 is 0 Å². The Morgan fingerprint density at radius 1 is 1.00 bits per heavy atom. The number of hydrogen-bond donors (Lipinski definition) is 1. The van der Waals surface area contributed by atoms with Gasteiger partial charge in [-0.25, -0.2) is 0 Å². The van der Waals surface area contributed by atoms with Gasteiger partial charge in [-0.2, -0.15) is 0 Å². The highest BCUT2D eigenvalue weighted by atomic mass is 16.3. The number of unbranched alkanes of at least 4 members (excludes halogenated alkanes) is 7. The second kappa shape index (κ2) is 7.98. The first-order chi connectivity index (χ1) is 10.2. The summed E-state index contributed by atoms with van der Waals surface area (Å²) < 4.78 is 0. The van der Waals surface area contributed by atoms with E-state index < -0.39 is 5.60 Å². The van der Waals surface area contributed by atoms with Crippen LogP contribution in [0, 0.1) is 6.92 Å². The molecule has 1 nitrogen and oxygen atoms in total. The molecule has 1 unspecified atom stereocenters. The van der Waals surface area contributed by atoms with Gasteiger partial charge in [-0.15, -0.1) is 0 Å². The van der Waals surface area contributed by atoms with Gasteiger partial charge in [0.1, 0.15) is 0 Å². The summed E-state index contributed by atoms with van der Waals surface area (Å²) in [6, 6.07) is 6.57. The minimum absolute atomic E-state index is 0.538. The molecule has 1 heteroatoms. The van der Waals surface area contributed by atoms with Crippen LogP contribution in [0.15, 0.2) is 18.2 Å². The maximum Gasteiger partial charge on any atom is 0.0902 e. The van der Waals surface area contributed by atoms with Gasteiger partial charge in [0.2, 0.25) is 0 Å². The van der Waals surface area contributed by atoms with Crippen molar-refractivity contribution in [3.8, 4) is 0 Å². The van der Waals surface area contributed by atoms with Crippen molar-refractivity contribution in [2.75, 3.05) is 0 Å². The molecule has 0 aromatic heterocycles. The molecular formula is C20H32O. The molecule has 118 valence electrons. The topological polar surface area (TPSA) is 20.2 Å². The lowest BCUT2D eigenvalue weighted by molar-refractivity contribution is 0.0267. The number of fused-ring (bicyclic) bond motifs is 1. The van der Waals surface area contributed by atoms with Crippen LogP contribution in [-0.2, 0) is 12.0 Å². The van der Waals surface area contributed by atoms with Gasteiger partial charge in [-0.3, -0.25) is 0 Å². The second-order valence-electron chi connectivity index (χ2n) is 6.92. The van der Waals surface area contributed by atoms with Gasteiger partial charge < -0.3 is 5.11 Å². The molecule has 0 saturated carbocycles. The maximum atomic E-state index is 10.9. The molecular weight excluding hydrogens is 256 g/mol. The lowest BCUT2D eigenvalue weighted by Gasteiger charge is -2.24. The molecule has 2 rings (SSSR count). The standard InChI is InChI=1S/C20H32O/c1-3-4-5-6-7-8-9-10-14-20(21)15-13-18-12-11-17(2)16-19(18)20/h11-12,16,21H,3-10,13-15H2,1-2H3.